The zero-order chi connectivity index (χ0) is 15.1. The van der Waals surface area contributed by atoms with Gasteiger partial charge in [-0.25, -0.2) is 0 Å². The molecule has 0 aliphatic heterocycles. The smallest absolute Gasteiger partial charge is 0.211 e. The van der Waals surface area contributed by atoms with Crippen molar-refractivity contribution in [3.05, 3.63) is 75.6 Å². The van der Waals surface area contributed by atoms with E-state index >= 15 is 0 Å². The zero-order valence-corrected chi connectivity index (χ0v) is 13.0. The predicted octanol–water partition coefficient (Wildman–Crippen LogP) is 4.75. The first-order valence-corrected chi connectivity index (χ1v) is 7.25. The van der Waals surface area contributed by atoms with Crippen LogP contribution < -0.4 is 0 Å². The lowest BCUT2D eigenvalue weighted by atomic mass is 10.0. The second kappa shape index (κ2) is 5.05. The van der Waals surface area contributed by atoms with Gasteiger partial charge in [0, 0.05) is 17.3 Å². The highest BCUT2D eigenvalue weighted by Gasteiger charge is 2.21. The molecule has 0 radical (unpaired) electrons. The summed E-state index contributed by atoms with van der Waals surface area (Å²) >= 11 is 6.17. The van der Waals surface area contributed by atoms with Gasteiger partial charge >= 0.3 is 0 Å². The molecule has 1 aromatic carbocycles. The number of carbonyl (C=O) groups excluding carboxylic acids is 1. The lowest BCUT2D eigenvalue weighted by Crippen LogP contribution is -2.07. The third kappa shape index (κ3) is 2.16. The molecule has 106 valence electrons. The van der Waals surface area contributed by atoms with E-state index in [1.807, 2.05) is 42.6 Å². The van der Waals surface area contributed by atoms with Gasteiger partial charge in [0.1, 0.15) is 0 Å². The van der Waals surface area contributed by atoms with Gasteiger partial charge < -0.3 is 4.40 Å². The molecule has 3 rings (SSSR count). The average molecular weight is 298 g/mol. The minimum Gasteiger partial charge on any atom is -0.313 e. The van der Waals surface area contributed by atoms with Crippen LogP contribution in [0.3, 0.4) is 0 Å². The van der Waals surface area contributed by atoms with Crippen molar-refractivity contribution in [1.82, 2.24) is 4.40 Å². The second-order valence-corrected chi connectivity index (χ2v) is 5.77. The Morgan fingerprint density at radius 1 is 1.05 bits per heavy atom. The zero-order valence-electron chi connectivity index (χ0n) is 12.3. The Morgan fingerprint density at radius 2 is 1.76 bits per heavy atom. The molecule has 0 bridgehead atoms. The predicted molar refractivity (Wildman–Crippen MR) is 86.5 cm³/mol. The van der Waals surface area contributed by atoms with Crippen molar-refractivity contribution in [3.8, 4) is 0 Å². The standard InChI is InChI=1S/C18H16ClNO/c1-11-8-9-20-16(10-11)12(2)13(3)17(20)18(21)14-6-4-5-7-15(14)19/h4-10H,1-3H3. The number of fused-ring (bicyclic) bond motifs is 1. The molecule has 21 heavy (non-hydrogen) atoms. The van der Waals surface area contributed by atoms with Crippen LogP contribution in [-0.4, -0.2) is 10.2 Å². The van der Waals surface area contributed by atoms with Gasteiger partial charge in [-0.05, 0) is 61.7 Å². The Bertz CT molecular complexity index is 861. The first kappa shape index (κ1) is 13.9. The first-order chi connectivity index (χ1) is 10.0. The van der Waals surface area contributed by atoms with Crippen LogP contribution in [0.5, 0.6) is 0 Å². The third-order valence-corrected chi connectivity index (χ3v) is 4.32. The lowest BCUT2D eigenvalue weighted by molar-refractivity contribution is 0.103. The quantitative estimate of drug-likeness (QED) is 0.626. The molecule has 0 N–H and O–H groups in total. The van der Waals surface area contributed by atoms with Gasteiger partial charge in [0.25, 0.3) is 0 Å². The van der Waals surface area contributed by atoms with E-state index in [1.54, 1.807) is 12.1 Å². The summed E-state index contributed by atoms with van der Waals surface area (Å²) in [7, 11) is 0. The van der Waals surface area contributed by atoms with Crippen LogP contribution in [0.15, 0.2) is 42.6 Å². The Hall–Kier alpha value is -2.06. The molecule has 0 aliphatic carbocycles. The van der Waals surface area contributed by atoms with Crippen LogP contribution in [0, 0.1) is 20.8 Å². The van der Waals surface area contributed by atoms with Crippen LogP contribution in [0.2, 0.25) is 5.02 Å². The molecular weight excluding hydrogens is 282 g/mol. The van der Waals surface area contributed by atoms with Gasteiger partial charge in [-0.3, -0.25) is 4.79 Å². The maximum absolute atomic E-state index is 12.9. The third-order valence-electron chi connectivity index (χ3n) is 3.99. The molecule has 0 aliphatic rings. The number of nitrogens with zero attached hydrogens (tertiary/aromatic N) is 1. The van der Waals surface area contributed by atoms with E-state index in [2.05, 4.69) is 13.0 Å². The monoisotopic (exact) mass is 297 g/mol. The van der Waals surface area contributed by atoms with E-state index in [0.29, 0.717) is 16.3 Å². The highest BCUT2D eigenvalue weighted by atomic mass is 35.5. The van der Waals surface area contributed by atoms with E-state index in [4.69, 9.17) is 11.6 Å². The number of pyridine rings is 1. The van der Waals surface area contributed by atoms with Crippen LogP contribution in [0.25, 0.3) is 5.52 Å². The molecule has 0 atom stereocenters. The van der Waals surface area contributed by atoms with E-state index in [9.17, 15) is 4.79 Å². The number of aromatic nitrogens is 1. The Balaban J connectivity index is 2.28. The van der Waals surface area contributed by atoms with Gasteiger partial charge in [0.15, 0.2) is 0 Å². The molecule has 0 spiro atoms. The van der Waals surface area contributed by atoms with E-state index in [0.717, 1.165) is 16.6 Å². The number of ketones is 1. The van der Waals surface area contributed by atoms with Crippen molar-refractivity contribution in [2.24, 2.45) is 0 Å². The van der Waals surface area contributed by atoms with Crippen LogP contribution in [-0.2, 0) is 0 Å². The fraction of sp³-hybridized carbons (Fsp3) is 0.167. The average Bonchev–Trinajstić information content (AvgIpc) is 2.71. The maximum atomic E-state index is 12.9. The molecule has 3 heteroatoms. The van der Waals surface area contributed by atoms with Crippen LogP contribution >= 0.6 is 11.6 Å². The molecule has 0 saturated carbocycles. The molecule has 0 fully saturated rings. The Kier molecular flexibility index (Phi) is 3.34. The van der Waals surface area contributed by atoms with E-state index in [1.165, 1.54) is 5.56 Å². The van der Waals surface area contributed by atoms with Gasteiger partial charge in [0.05, 0.1) is 10.7 Å². The van der Waals surface area contributed by atoms with Crippen molar-refractivity contribution in [3.63, 3.8) is 0 Å². The minimum absolute atomic E-state index is 0.0370. The molecule has 0 saturated heterocycles. The summed E-state index contributed by atoms with van der Waals surface area (Å²) in [4.78, 5) is 12.9. The van der Waals surface area contributed by atoms with Gasteiger partial charge in [-0.1, -0.05) is 23.7 Å². The highest BCUT2D eigenvalue weighted by Crippen LogP contribution is 2.27. The fourth-order valence-electron chi connectivity index (χ4n) is 2.69. The van der Waals surface area contributed by atoms with Crippen molar-refractivity contribution in [2.45, 2.75) is 20.8 Å². The number of benzene rings is 1. The summed E-state index contributed by atoms with van der Waals surface area (Å²) in [6.45, 7) is 6.09. The van der Waals surface area contributed by atoms with Gasteiger partial charge in [-0.2, -0.15) is 0 Å². The van der Waals surface area contributed by atoms with Crippen molar-refractivity contribution in [1.29, 1.82) is 0 Å². The molecule has 3 aromatic rings. The van der Waals surface area contributed by atoms with Crippen LogP contribution in [0.4, 0.5) is 0 Å². The summed E-state index contributed by atoms with van der Waals surface area (Å²) in [5.74, 6) is -0.0370. The molecule has 0 amide bonds. The van der Waals surface area contributed by atoms with Gasteiger partial charge in [0.2, 0.25) is 5.78 Å². The minimum atomic E-state index is -0.0370. The highest BCUT2D eigenvalue weighted by molar-refractivity contribution is 6.35. The van der Waals surface area contributed by atoms with Crippen LogP contribution in [0.1, 0.15) is 32.7 Å². The molecule has 2 nitrogen and oxygen atoms in total. The van der Waals surface area contributed by atoms with E-state index in [-0.39, 0.29) is 5.78 Å². The summed E-state index contributed by atoms with van der Waals surface area (Å²) in [6.07, 6.45) is 1.95. The molecule has 0 unspecified atom stereocenters. The fourth-order valence-corrected chi connectivity index (χ4v) is 2.91. The number of hydrogen-bond acceptors (Lipinski definition) is 1. The number of rotatable bonds is 2. The summed E-state index contributed by atoms with van der Waals surface area (Å²) in [6, 6.07) is 11.3. The van der Waals surface area contributed by atoms with Gasteiger partial charge in [-0.15, -0.1) is 0 Å². The number of hydrogen-bond donors (Lipinski definition) is 0. The first-order valence-electron chi connectivity index (χ1n) is 6.88. The maximum Gasteiger partial charge on any atom is 0.211 e. The lowest BCUT2D eigenvalue weighted by Gasteiger charge is -2.06. The normalized spacial score (nSPS) is 11.0. The summed E-state index contributed by atoms with van der Waals surface area (Å²) in [5.41, 5.74) is 5.63. The second-order valence-electron chi connectivity index (χ2n) is 5.37. The Morgan fingerprint density at radius 3 is 2.48 bits per heavy atom. The largest absolute Gasteiger partial charge is 0.313 e. The Labute approximate surface area is 129 Å². The summed E-state index contributed by atoms with van der Waals surface area (Å²) in [5, 5.41) is 0.488. The van der Waals surface area contributed by atoms with E-state index < -0.39 is 0 Å². The van der Waals surface area contributed by atoms with Crippen molar-refractivity contribution < 1.29 is 4.79 Å². The van der Waals surface area contributed by atoms with Crippen molar-refractivity contribution in [2.75, 3.05) is 0 Å². The number of halogens is 1. The topological polar surface area (TPSA) is 21.5 Å². The SMILES string of the molecule is Cc1ccn2c(C(=O)c3ccccc3Cl)c(C)c(C)c2c1. The number of aryl methyl sites for hydroxylation is 2. The summed E-state index contributed by atoms with van der Waals surface area (Å²) < 4.78 is 1.96. The molecule has 2 aromatic heterocycles. The molecular formula is C18H16ClNO. The molecule has 2 heterocycles. The number of carbonyl (C=O) groups is 1. The van der Waals surface area contributed by atoms with Crippen molar-refractivity contribution >= 4 is 22.9 Å².